The summed E-state index contributed by atoms with van der Waals surface area (Å²) in [6.07, 6.45) is 1.91. The summed E-state index contributed by atoms with van der Waals surface area (Å²) in [5.74, 6) is -1.37. The van der Waals surface area contributed by atoms with Gasteiger partial charge in [0, 0.05) is 35.8 Å². The quantitative estimate of drug-likeness (QED) is 0.780. The van der Waals surface area contributed by atoms with E-state index in [0.717, 1.165) is 10.9 Å². The van der Waals surface area contributed by atoms with E-state index in [1.54, 1.807) is 6.07 Å². The van der Waals surface area contributed by atoms with Gasteiger partial charge in [-0.1, -0.05) is 16.8 Å². The number of carboxylic acids is 1. The van der Waals surface area contributed by atoms with Crippen LogP contribution in [0.2, 0.25) is 5.02 Å². The Balaban J connectivity index is 2.19. The summed E-state index contributed by atoms with van der Waals surface area (Å²) < 4.78 is 6.69. The van der Waals surface area contributed by atoms with Crippen LogP contribution in [0.5, 0.6) is 0 Å². The fourth-order valence-electron chi connectivity index (χ4n) is 2.02. The Kier molecular flexibility index (Phi) is 2.57. The van der Waals surface area contributed by atoms with Gasteiger partial charge >= 0.3 is 5.97 Å². The van der Waals surface area contributed by atoms with Crippen LogP contribution < -0.4 is 0 Å². The van der Waals surface area contributed by atoms with Crippen molar-refractivity contribution in [3.63, 3.8) is 0 Å². The average molecular weight is 277 g/mol. The molecule has 0 saturated heterocycles. The van der Waals surface area contributed by atoms with Gasteiger partial charge in [0.25, 0.3) is 0 Å². The van der Waals surface area contributed by atoms with Crippen LogP contribution in [0.25, 0.3) is 22.2 Å². The first kappa shape index (κ1) is 11.8. The SMILES string of the molecule is Cn1ccc2c(Cl)c(-c3cc(C(=O)O)on3)ccc21. The van der Waals surface area contributed by atoms with E-state index in [4.69, 9.17) is 21.2 Å². The van der Waals surface area contributed by atoms with E-state index >= 15 is 0 Å². The fourth-order valence-corrected chi connectivity index (χ4v) is 2.34. The molecule has 0 saturated carbocycles. The number of hydrogen-bond donors (Lipinski definition) is 1. The molecule has 0 aliphatic heterocycles. The largest absolute Gasteiger partial charge is 0.475 e. The van der Waals surface area contributed by atoms with E-state index in [1.807, 2.05) is 29.9 Å². The Labute approximate surface area is 113 Å². The Morgan fingerprint density at radius 1 is 1.42 bits per heavy atom. The van der Waals surface area contributed by atoms with Gasteiger partial charge < -0.3 is 14.2 Å². The molecule has 0 amide bonds. The average Bonchev–Trinajstić information content (AvgIpc) is 2.98. The van der Waals surface area contributed by atoms with Gasteiger partial charge in [-0.15, -0.1) is 0 Å². The number of nitrogens with zero attached hydrogens (tertiary/aromatic N) is 2. The highest BCUT2D eigenvalue weighted by molar-refractivity contribution is 6.38. The molecule has 1 N–H and O–H groups in total. The van der Waals surface area contributed by atoms with E-state index in [-0.39, 0.29) is 5.76 Å². The van der Waals surface area contributed by atoms with Gasteiger partial charge in [-0.2, -0.15) is 0 Å². The molecule has 6 heteroatoms. The minimum absolute atomic E-state index is 0.209. The second-order valence-corrected chi connectivity index (χ2v) is 4.55. The van der Waals surface area contributed by atoms with E-state index in [1.165, 1.54) is 6.07 Å². The Morgan fingerprint density at radius 2 is 2.21 bits per heavy atom. The van der Waals surface area contributed by atoms with Crippen molar-refractivity contribution < 1.29 is 14.4 Å². The van der Waals surface area contributed by atoms with Gasteiger partial charge in [-0.25, -0.2) is 4.79 Å². The first-order valence-corrected chi connectivity index (χ1v) is 5.89. The summed E-state index contributed by atoms with van der Waals surface area (Å²) in [5.41, 5.74) is 2.06. The molecule has 96 valence electrons. The third kappa shape index (κ3) is 1.79. The zero-order chi connectivity index (χ0) is 13.6. The van der Waals surface area contributed by atoms with Crippen LogP contribution >= 0.6 is 11.6 Å². The third-order valence-corrected chi connectivity index (χ3v) is 3.41. The zero-order valence-corrected chi connectivity index (χ0v) is 10.7. The summed E-state index contributed by atoms with van der Waals surface area (Å²) in [5, 5.41) is 14.0. The molecular formula is C13H9ClN2O3. The summed E-state index contributed by atoms with van der Waals surface area (Å²) in [6.45, 7) is 0. The molecule has 0 unspecified atom stereocenters. The lowest BCUT2D eigenvalue weighted by molar-refractivity contribution is 0.0652. The number of fused-ring (bicyclic) bond motifs is 1. The predicted octanol–water partition coefficient (Wildman–Crippen LogP) is 3.18. The molecule has 2 heterocycles. The number of aromatic nitrogens is 2. The third-order valence-electron chi connectivity index (χ3n) is 3.00. The van der Waals surface area contributed by atoms with Crippen molar-refractivity contribution in [2.24, 2.45) is 7.05 Å². The van der Waals surface area contributed by atoms with Crippen LogP contribution in [0.15, 0.2) is 35.0 Å². The number of halogens is 1. The first-order valence-electron chi connectivity index (χ1n) is 5.52. The van der Waals surface area contributed by atoms with Crippen LogP contribution in [0.4, 0.5) is 0 Å². The number of benzene rings is 1. The Hall–Kier alpha value is -2.27. The van der Waals surface area contributed by atoms with Crippen molar-refractivity contribution in [3.05, 3.63) is 41.2 Å². The minimum atomic E-state index is -1.16. The maximum atomic E-state index is 10.8. The van der Waals surface area contributed by atoms with Gasteiger partial charge in [0.15, 0.2) is 0 Å². The standard InChI is InChI=1S/C13H9ClN2O3/c1-16-5-4-8-10(16)3-2-7(12(8)14)9-6-11(13(17)18)19-15-9/h2-6H,1H3,(H,17,18). The molecule has 3 rings (SSSR count). The molecule has 0 atom stereocenters. The summed E-state index contributed by atoms with van der Waals surface area (Å²) in [7, 11) is 1.93. The number of rotatable bonds is 2. The van der Waals surface area contributed by atoms with Gasteiger partial charge in [-0.05, 0) is 18.2 Å². The van der Waals surface area contributed by atoms with E-state index in [9.17, 15) is 4.79 Å². The van der Waals surface area contributed by atoms with Crippen molar-refractivity contribution in [2.45, 2.75) is 0 Å². The second-order valence-electron chi connectivity index (χ2n) is 4.17. The smallest absolute Gasteiger partial charge is 0.374 e. The van der Waals surface area contributed by atoms with Gasteiger partial charge in [0.05, 0.1) is 5.02 Å². The highest BCUT2D eigenvalue weighted by Crippen LogP contribution is 2.34. The monoisotopic (exact) mass is 276 g/mol. The van der Waals surface area contributed by atoms with E-state index in [2.05, 4.69) is 5.16 Å². The highest BCUT2D eigenvalue weighted by atomic mass is 35.5. The molecule has 1 aromatic carbocycles. The molecular weight excluding hydrogens is 268 g/mol. The molecule has 5 nitrogen and oxygen atoms in total. The first-order chi connectivity index (χ1) is 9.08. The van der Waals surface area contributed by atoms with Crippen LogP contribution in [-0.2, 0) is 7.05 Å². The normalized spacial score (nSPS) is 11.1. The van der Waals surface area contributed by atoms with Crippen LogP contribution in [-0.4, -0.2) is 20.8 Å². The number of carboxylic acid groups (broad SMARTS) is 1. The minimum Gasteiger partial charge on any atom is -0.475 e. The number of aromatic carboxylic acids is 1. The topological polar surface area (TPSA) is 68.3 Å². The molecule has 3 aromatic rings. The van der Waals surface area contributed by atoms with Crippen molar-refractivity contribution in [3.8, 4) is 11.3 Å². The lowest BCUT2D eigenvalue weighted by atomic mass is 10.1. The predicted molar refractivity (Wildman–Crippen MR) is 70.4 cm³/mol. The number of carbonyl (C=O) groups is 1. The lowest BCUT2D eigenvalue weighted by Gasteiger charge is -2.02. The van der Waals surface area contributed by atoms with Crippen LogP contribution in [0.3, 0.4) is 0 Å². The van der Waals surface area contributed by atoms with Gasteiger partial charge in [0.1, 0.15) is 5.69 Å². The summed E-state index contributed by atoms with van der Waals surface area (Å²) in [4.78, 5) is 10.8. The van der Waals surface area contributed by atoms with Crippen molar-refractivity contribution in [1.82, 2.24) is 9.72 Å². The number of hydrogen-bond acceptors (Lipinski definition) is 3. The van der Waals surface area contributed by atoms with Crippen LogP contribution in [0, 0.1) is 0 Å². The fraction of sp³-hybridized carbons (Fsp3) is 0.0769. The Morgan fingerprint density at radius 3 is 2.89 bits per heavy atom. The highest BCUT2D eigenvalue weighted by Gasteiger charge is 2.16. The zero-order valence-electron chi connectivity index (χ0n) is 9.92. The maximum absolute atomic E-state index is 10.8. The molecule has 2 aromatic heterocycles. The number of aryl methyl sites for hydroxylation is 1. The van der Waals surface area contributed by atoms with Crippen molar-refractivity contribution in [2.75, 3.05) is 0 Å². The van der Waals surface area contributed by atoms with Crippen molar-refractivity contribution in [1.29, 1.82) is 0 Å². The van der Waals surface area contributed by atoms with E-state index in [0.29, 0.717) is 16.3 Å². The molecule has 0 aliphatic carbocycles. The lowest BCUT2D eigenvalue weighted by Crippen LogP contribution is -1.91. The van der Waals surface area contributed by atoms with Gasteiger partial charge in [0.2, 0.25) is 5.76 Å². The van der Waals surface area contributed by atoms with Crippen molar-refractivity contribution >= 4 is 28.5 Å². The summed E-state index contributed by atoms with van der Waals surface area (Å²) >= 11 is 6.34. The molecule has 19 heavy (non-hydrogen) atoms. The van der Waals surface area contributed by atoms with Gasteiger partial charge in [-0.3, -0.25) is 0 Å². The summed E-state index contributed by atoms with van der Waals surface area (Å²) in [6, 6.07) is 6.97. The second kappa shape index (κ2) is 4.13. The molecule has 0 fully saturated rings. The molecule has 0 spiro atoms. The van der Waals surface area contributed by atoms with E-state index < -0.39 is 5.97 Å². The molecule has 0 radical (unpaired) electrons. The molecule has 0 bridgehead atoms. The Bertz CT molecular complexity index is 788. The van der Waals surface area contributed by atoms with Crippen LogP contribution in [0.1, 0.15) is 10.6 Å². The maximum Gasteiger partial charge on any atom is 0.374 e. The molecule has 0 aliphatic rings.